The summed E-state index contributed by atoms with van der Waals surface area (Å²) in [6.07, 6.45) is 0.955. The van der Waals surface area contributed by atoms with E-state index < -0.39 is 6.16 Å². The molecule has 0 radical (unpaired) electrons. The molecule has 2 rings (SSSR count). The van der Waals surface area contributed by atoms with Gasteiger partial charge < -0.3 is 15.2 Å². The Kier molecular flexibility index (Phi) is 2.28. The molecule has 5 nitrogen and oxygen atoms in total. The summed E-state index contributed by atoms with van der Waals surface area (Å²) in [5.74, 6) is 0. The SMILES string of the molecule is Cc1nsc(OC(=O)O)c1NC1CC1. The van der Waals surface area contributed by atoms with E-state index in [9.17, 15) is 4.79 Å². The van der Waals surface area contributed by atoms with Crippen LogP contribution in [0.4, 0.5) is 10.5 Å². The average molecular weight is 214 g/mol. The van der Waals surface area contributed by atoms with Crippen molar-refractivity contribution in [1.29, 1.82) is 0 Å². The molecule has 1 heterocycles. The van der Waals surface area contributed by atoms with Gasteiger partial charge in [-0.3, -0.25) is 0 Å². The van der Waals surface area contributed by atoms with Gasteiger partial charge in [0.25, 0.3) is 0 Å². The molecule has 2 N–H and O–H groups in total. The van der Waals surface area contributed by atoms with Crippen LogP contribution in [0.25, 0.3) is 0 Å². The highest BCUT2D eigenvalue weighted by atomic mass is 32.1. The molecule has 76 valence electrons. The highest BCUT2D eigenvalue weighted by Gasteiger charge is 2.25. The molecule has 1 aromatic rings. The molecule has 0 amide bonds. The lowest BCUT2D eigenvalue weighted by Crippen LogP contribution is -2.06. The molecule has 0 unspecified atom stereocenters. The Labute approximate surface area is 84.9 Å². The lowest BCUT2D eigenvalue weighted by molar-refractivity contribution is 0.146. The highest BCUT2D eigenvalue weighted by Crippen LogP contribution is 2.36. The number of hydrogen-bond donors (Lipinski definition) is 2. The van der Waals surface area contributed by atoms with Crippen molar-refractivity contribution in [2.45, 2.75) is 25.8 Å². The van der Waals surface area contributed by atoms with Gasteiger partial charge in [-0.2, -0.15) is 4.37 Å². The molecular formula is C8H10N2O3S. The number of anilines is 1. The molecule has 0 spiro atoms. The summed E-state index contributed by atoms with van der Waals surface area (Å²) < 4.78 is 8.65. The van der Waals surface area contributed by atoms with Gasteiger partial charge in [0.1, 0.15) is 5.69 Å². The average Bonchev–Trinajstić information content (AvgIpc) is 2.85. The fraction of sp³-hybridized carbons (Fsp3) is 0.500. The molecule has 0 bridgehead atoms. The van der Waals surface area contributed by atoms with E-state index in [0.29, 0.717) is 11.1 Å². The summed E-state index contributed by atoms with van der Waals surface area (Å²) in [4.78, 5) is 10.4. The van der Waals surface area contributed by atoms with Crippen LogP contribution >= 0.6 is 11.5 Å². The van der Waals surface area contributed by atoms with Gasteiger partial charge in [0.15, 0.2) is 0 Å². The van der Waals surface area contributed by atoms with Crippen LogP contribution in [0.2, 0.25) is 0 Å². The highest BCUT2D eigenvalue weighted by molar-refractivity contribution is 7.08. The fourth-order valence-electron chi connectivity index (χ4n) is 1.09. The van der Waals surface area contributed by atoms with Crippen LogP contribution in [0.5, 0.6) is 5.06 Å². The Bertz CT molecular complexity index is 359. The number of carboxylic acid groups (broad SMARTS) is 1. The first-order valence-corrected chi connectivity index (χ1v) is 5.07. The quantitative estimate of drug-likeness (QED) is 0.754. The number of hydrogen-bond acceptors (Lipinski definition) is 5. The van der Waals surface area contributed by atoms with Gasteiger partial charge in [-0.25, -0.2) is 4.79 Å². The largest absolute Gasteiger partial charge is 0.512 e. The molecule has 6 heteroatoms. The van der Waals surface area contributed by atoms with Crippen LogP contribution in [0.3, 0.4) is 0 Å². The number of carbonyl (C=O) groups is 1. The van der Waals surface area contributed by atoms with E-state index >= 15 is 0 Å². The maximum absolute atomic E-state index is 10.4. The van der Waals surface area contributed by atoms with Crippen molar-refractivity contribution in [3.63, 3.8) is 0 Å². The van der Waals surface area contributed by atoms with Crippen molar-refractivity contribution in [3.05, 3.63) is 5.69 Å². The van der Waals surface area contributed by atoms with Crippen LogP contribution in [-0.2, 0) is 0 Å². The zero-order valence-corrected chi connectivity index (χ0v) is 8.43. The summed E-state index contributed by atoms with van der Waals surface area (Å²) in [6, 6.07) is 0.459. The van der Waals surface area contributed by atoms with E-state index in [0.717, 1.165) is 35.8 Å². The summed E-state index contributed by atoms with van der Waals surface area (Å²) in [7, 11) is 0. The first kappa shape index (κ1) is 9.26. The third-order valence-corrected chi connectivity index (χ3v) is 2.76. The molecule has 14 heavy (non-hydrogen) atoms. The zero-order valence-electron chi connectivity index (χ0n) is 7.61. The predicted octanol–water partition coefficient (Wildman–Crippen LogP) is 2.08. The third-order valence-electron chi connectivity index (χ3n) is 1.94. The Morgan fingerprint density at radius 2 is 2.43 bits per heavy atom. The number of rotatable bonds is 3. The van der Waals surface area contributed by atoms with Crippen LogP contribution in [0.15, 0.2) is 0 Å². The smallest absolute Gasteiger partial charge is 0.449 e. The van der Waals surface area contributed by atoms with E-state index in [1.165, 1.54) is 0 Å². The van der Waals surface area contributed by atoms with Gasteiger partial charge in [-0.15, -0.1) is 0 Å². The molecule has 0 saturated heterocycles. The molecule has 1 aliphatic rings. The van der Waals surface area contributed by atoms with Gasteiger partial charge in [-0.05, 0) is 19.8 Å². The maximum atomic E-state index is 10.4. The normalized spacial score (nSPS) is 15.2. The predicted molar refractivity (Wildman–Crippen MR) is 52.1 cm³/mol. The second-order valence-corrected chi connectivity index (χ2v) is 3.95. The van der Waals surface area contributed by atoms with Crippen molar-refractivity contribution in [1.82, 2.24) is 4.37 Å². The van der Waals surface area contributed by atoms with Crippen LogP contribution < -0.4 is 10.1 Å². The first-order valence-electron chi connectivity index (χ1n) is 4.30. The summed E-state index contributed by atoms with van der Waals surface area (Å²) in [5.41, 5.74) is 1.51. The number of aryl methyl sites for hydroxylation is 1. The lowest BCUT2D eigenvalue weighted by Gasteiger charge is -2.04. The Balaban J connectivity index is 2.16. The van der Waals surface area contributed by atoms with E-state index in [1.54, 1.807) is 0 Å². The Morgan fingerprint density at radius 3 is 3.00 bits per heavy atom. The second kappa shape index (κ2) is 3.45. The van der Waals surface area contributed by atoms with Crippen LogP contribution in [-0.4, -0.2) is 21.7 Å². The summed E-state index contributed by atoms with van der Waals surface area (Å²) in [6.45, 7) is 1.83. The number of nitrogens with zero attached hydrogens (tertiary/aromatic N) is 1. The van der Waals surface area contributed by atoms with Gasteiger partial charge in [0, 0.05) is 17.6 Å². The first-order chi connectivity index (χ1) is 6.66. The second-order valence-electron chi connectivity index (χ2n) is 3.22. The number of nitrogens with one attached hydrogen (secondary N) is 1. The maximum Gasteiger partial charge on any atom is 0.512 e. The fourth-order valence-corrected chi connectivity index (χ4v) is 1.81. The molecule has 1 aliphatic carbocycles. The van der Waals surface area contributed by atoms with E-state index in [4.69, 9.17) is 5.11 Å². The molecule has 0 atom stereocenters. The zero-order chi connectivity index (χ0) is 10.1. The van der Waals surface area contributed by atoms with Gasteiger partial charge in [-0.1, -0.05) is 0 Å². The van der Waals surface area contributed by atoms with Gasteiger partial charge in [0.2, 0.25) is 5.06 Å². The number of aromatic nitrogens is 1. The minimum atomic E-state index is -1.30. The van der Waals surface area contributed by atoms with Crippen LogP contribution in [0, 0.1) is 6.92 Å². The Hall–Kier alpha value is -1.30. The van der Waals surface area contributed by atoms with Crippen molar-refractivity contribution in [2.24, 2.45) is 0 Å². The van der Waals surface area contributed by atoms with Gasteiger partial charge >= 0.3 is 6.16 Å². The van der Waals surface area contributed by atoms with Crippen molar-refractivity contribution >= 4 is 23.4 Å². The van der Waals surface area contributed by atoms with Crippen molar-refractivity contribution < 1.29 is 14.6 Å². The van der Waals surface area contributed by atoms with Gasteiger partial charge in [0.05, 0.1) is 5.69 Å². The topological polar surface area (TPSA) is 71.5 Å². The summed E-state index contributed by atoms with van der Waals surface area (Å²) in [5, 5.41) is 12.0. The van der Waals surface area contributed by atoms with Crippen LogP contribution in [0.1, 0.15) is 18.5 Å². The monoisotopic (exact) mass is 214 g/mol. The molecule has 0 aromatic carbocycles. The lowest BCUT2D eigenvalue weighted by atomic mass is 10.4. The standard InChI is InChI=1S/C8H10N2O3S/c1-4-6(9-5-2-3-5)7(14-10-4)13-8(11)12/h5,9H,2-3H2,1H3,(H,11,12). The minimum Gasteiger partial charge on any atom is -0.449 e. The van der Waals surface area contributed by atoms with E-state index in [1.807, 2.05) is 6.92 Å². The molecule has 1 fully saturated rings. The molecule has 1 saturated carbocycles. The van der Waals surface area contributed by atoms with Crippen molar-refractivity contribution in [2.75, 3.05) is 5.32 Å². The third kappa shape index (κ3) is 1.95. The van der Waals surface area contributed by atoms with E-state index in [-0.39, 0.29) is 0 Å². The molecule has 1 aromatic heterocycles. The van der Waals surface area contributed by atoms with E-state index in [2.05, 4.69) is 14.4 Å². The Morgan fingerprint density at radius 1 is 1.71 bits per heavy atom. The summed E-state index contributed by atoms with van der Waals surface area (Å²) >= 11 is 1.06. The minimum absolute atomic E-state index is 0.335. The number of ether oxygens (including phenoxy) is 1. The molecule has 0 aliphatic heterocycles. The molecular weight excluding hydrogens is 204 g/mol. The van der Waals surface area contributed by atoms with Crippen molar-refractivity contribution in [3.8, 4) is 5.06 Å².